The van der Waals surface area contributed by atoms with Crippen molar-refractivity contribution in [3.63, 3.8) is 0 Å². The number of hydrogen-bond acceptors (Lipinski definition) is 3. The van der Waals surface area contributed by atoms with Crippen LogP contribution in [0.5, 0.6) is 0 Å². The molecule has 0 spiro atoms. The molecule has 0 aliphatic heterocycles. The van der Waals surface area contributed by atoms with Gasteiger partial charge >= 0.3 is 0 Å². The molecule has 0 amide bonds. The third-order valence-corrected chi connectivity index (χ3v) is 3.27. The fourth-order valence-electron chi connectivity index (χ4n) is 2.04. The molecule has 3 rings (SSSR count). The fraction of sp³-hybridized carbons (Fsp3) is 0.0625. The molecule has 21 heavy (non-hydrogen) atoms. The molecule has 0 aliphatic carbocycles. The number of halogens is 1. The first-order valence-electron chi connectivity index (χ1n) is 6.45. The van der Waals surface area contributed by atoms with E-state index in [4.69, 9.17) is 11.6 Å². The van der Waals surface area contributed by atoms with E-state index >= 15 is 0 Å². The zero-order valence-electron chi connectivity index (χ0n) is 11.1. The summed E-state index contributed by atoms with van der Waals surface area (Å²) < 4.78 is 1.72. The van der Waals surface area contributed by atoms with Crippen molar-refractivity contribution in [2.24, 2.45) is 0 Å². The van der Waals surface area contributed by atoms with Gasteiger partial charge in [0.1, 0.15) is 5.69 Å². The zero-order chi connectivity index (χ0) is 14.7. The standard InChI is InChI=1S/C16H12ClN3O/c17-14-5-1-3-12(9-14)11-20-8-6-15(19-20)16(21)13-4-2-7-18-10-13/h1-10H,11H2. The van der Waals surface area contributed by atoms with Gasteiger partial charge in [0, 0.05) is 29.2 Å². The predicted octanol–water partition coefficient (Wildman–Crippen LogP) is 3.21. The first-order chi connectivity index (χ1) is 10.2. The van der Waals surface area contributed by atoms with Crippen LogP contribution in [0, 0.1) is 0 Å². The molecule has 1 aromatic carbocycles. The van der Waals surface area contributed by atoms with E-state index in [1.54, 1.807) is 41.5 Å². The Morgan fingerprint density at radius 2 is 2.10 bits per heavy atom. The van der Waals surface area contributed by atoms with Gasteiger partial charge in [0.05, 0.1) is 6.54 Å². The van der Waals surface area contributed by atoms with Crippen molar-refractivity contribution in [1.29, 1.82) is 0 Å². The maximum Gasteiger partial charge on any atom is 0.214 e. The number of pyridine rings is 1. The Kier molecular flexibility index (Phi) is 3.79. The second kappa shape index (κ2) is 5.89. The molecule has 0 unspecified atom stereocenters. The Balaban J connectivity index is 1.79. The summed E-state index contributed by atoms with van der Waals surface area (Å²) in [4.78, 5) is 16.2. The predicted molar refractivity (Wildman–Crippen MR) is 80.5 cm³/mol. The molecule has 4 nitrogen and oxygen atoms in total. The average Bonchev–Trinajstić information content (AvgIpc) is 2.96. The van der Waals surface area contributed by atoms with Gasteiger partial charge in [-0.15, -0.1) is 0 Å². The number of benzene rings is 1. The normalized spacial score (nSPS) is 10.5. The Bertz CT molecular complexity index is 768. The SMILES string of the molecule is O=C(c1cccnc1)c1ccn(Cc2cccc(Cl)c2)n1. The van der Waals surface area contributed by atoms with E-state index in [-0.39, 0.29) is 5.78 Å². The maximum absolute atomic E-state index is 12.2. The Morgan fingerprint density at radius 1 is 1.19 bits per heavy atom. The monoisotopic (exact) mass is 297 g/mol. The number of nitrogens with zero attached hydrogens (tertiary/aromatic N) is 3. The molecule has 0 bridgehead atoms. The molecule has 0 saturated heterocycles. The summed E-state index contributed by atoms with van der Waals surface area (Å²) in [5.41, 5.74) is 1.97. The summed E-state index contributed by atoms with van der Waals surface area (Å²) in [7, 11) is 0. The van der Waals surface area contributed by atoms with E-state index in [1.807, 2.05) is 24.3 Å². The second-order valence-electron chi connectivity index (χ2n) is 4.60. The minimum Gasteiger partial charge on any atom is -0.287 e. The van der Waals surface area contributed by atoms with E-state index in [0.29, 0.717) is 22.8 Å². The van der Waals surface area contributed by atoms with Crippen molar-refractivity contribution < 1.29 is 4.79 Å². The van der Waals surface area contributed by atoms with Crippen molar-refractivity contribution in [3.8, 4) is 0 Å². The number of carbonyl (C=O) groups is 1. The average molecular weight is 298 g/mol. The Hall–Kier alpha value is -2.46. The number of carbonyl (C=O) groups excluding carboxylic acids is 1. The summed E-state index contributed by atoms with van der Waals surface area (Å²) in [5.74, 6) is -0.132. The van der Waals surface area contributed by atoms with Gasteiger partial charge in [0.25, 0.3) is 0 Å². The lowest BCUT2D eigenvalue weighted by molar-refractivity contribution is 0.103. The minimum atomic E-state index is -0.132. The summed E-state index contributed by atoms with van der Waals surface area (Å²) in [6.45, 7) is 0.570. The molecule has 0 fully saturated rings. The summed E-state index contributed by atoms with van der Waals surface area (Å²) in [6, 6.07) is 12.7. The van der Waals surface area contributed by atoms with Crippen LogP contribution in [0.25, 0.3) is 0 Å². The maximum atomic E-state index is 12.2. The van der Waals surface area contributed by atoms with Gasteiger partial charge in [-0.3, -0.25) is 14.5 Å². The zero-order valence-corrected chi connectivity index (χ0v) is 11.9. The van der Waals surface area contributed by atoms with Crippen molar-refractivity contribution >= 4 is 17.4 Å². The lowest BCUT2D eigenvalue weighted by Gasteiger charge is -2.02. The third-order valence-electron chi connectivity index (χ3n) is 3.03. The van der Waals surface area contributed by atoms with Crippen LogP contribution in [-0.4, -0.2) is 20.5 Å². The van der Waals surface area contributed by atoms with Crippen molar-refractivity contribution in [3.05, 3.63) is 82.9 Å². The van der Waals surface area contributed by atoms with Gasteiger partial charge in [-0.2, -0.15) is 5.10 Å². The van der Waals surface area contributed by atoms with Gasteiger partial charge < -0.3 is 0 Å². The number of hydrogen-bond donors (Lipinski definition) is 0. The quantitative estimate of drug-likeness (QED) is 0.695. The van der Waals surface area contributed by atoms with Crippen molar-refractivity contribution in [1.82, 2.24) is 14.8 Å². The van der Waals surface area contributed by atoms with E-state index < -0.39 is 0 Å². The van der Waals surface area contributed by atoms with Gasteiger partial charge in [0.15, 0.2) is 0 Å². The molecule has 2 heterocycles. The van der Waals surface area contributed by atoms with Crippen molar-refractivity contribution in [2.45, 2.75) is 6.54 Å². The molecule has 0 N–H and O–H groups in total. The van der Waals surface area contributed by atoms with Crippen LogP contribution in [-0.2, 0) is 6.54 Å². The molecule has 0 aliphatic rings. The van der Waals surface area contributed by atoms with Crippen LogP contribution >= 0.6 is 11.6 Å². The minimum absolute atomic E-state index is 0.132. The van der Waals surface area contributed by atoms with E-state index in [0.717, 1.165) is 5.56 Å². The lowest BCUT2D eigenvalue weighted by atomic mass is 10.1. The number of ketones is 1. The smallest absolute Gasteiger partial charge is 0.214 e. The van der Waals surface area contributed by atoms with E-state index in [9.17, 15) is 4.79 Å². The largest absolute Gasteiger partial charge is 0.287 e. The fourth-order valence-corrected chi connectivity index (χ4v) is 2.25. The first-order valence-corrected chi connectivity index (χ1v) is 6.83. The molecule has 2 aromatic heterocycles. The van der Waals surface area contributed by atoms with Crippen LogP contribution in [0.4, 0.5) is 0 Å². The summed E-state index contributed by atoms with van der Waals surface area (Å²) >= 11 is 5.96. The Morgan fingerprint density at radius 3 is 2.86 bits per heavy atom. The molecular weight excluding hydrogens is 286 g/mol. The van der Waals surface area contributed by atoms with Crippen LogP contribution in [0.1, 0.15) is 21.6 Å². The molecule has 0 atom stereocenters. The van der Waals surface area contributed by atoms with E-state index in [2.05, 4.69) is 10.1 Å². The molecule has 0 saturated carbocycles. The molecular formula is C16H12ClN3O. The highest BCUT2D eigenvalue weighted by atomic mass is 35.5. The van der Waals surface area contributed by atoms with Gasteiger partial charge in [-0.1, -0.05) is 23.7 Å². The van der Waals surface area contributed by atoms with Crippen molar-refractivity contribution in [2.75, 3.05) is 0 Å². The summed E-state index contributed by atoms with van der Waals surface area (Å²) in [5, 5.41) is 4.99. The highest BCUT2D eigenvalue weighted by molar-refractivity contribution is 6.30. The van der Waals surface area contributed by atoms with E-state index in [1.165, 1.54) is 0 Å². The molecule has 104 valence electrons. The highest BCUT2D eigenvalue weighted by Gasteiger charge is 2.12. The van der Waals surface area contributed by atoms with Crippen LogP contribution in [0.15, 0.2) is 61.1 Å². The number of aromatic nitrogens is 3. The van der Waals surface area contributed by atoms with Crippen LogP contribution < -0.4 is 0 Å². The number of rotatable bonds is 4. The highest BCUT2D eigenvalue weighted by Crippen LogP contribution is 2.12. The topological polar surface area (TPSA) is 47.8 Å². The molecule has 5 heteroatoms. The lowest BCUT2D eigenvalue weighted by Crippen LogP contribution is -2.06. The van der Waals surface area contributed by atoms with Crippen LogP contribution in [0.3, 0.4) is 0 Å². The van der Waals surface area contributed by atoms with Crippen LogP contribution in [0.2, 0.25) is 5.02 Å². The van der Waals surface area contributed by atoms with Gasteiger partial charge in [0.2, 0.25) is 5.78 Å². The Labute approximate surface area is 127 Å². The van der Waals surface area contributed by atoms with Gasteiger partial charge in [-0.05, 0) is 35.9 Å². The summed E-state index contributed by atoms with van der Waals surface area (Å²) in [6.07, 6.45) is 4.96. The molecule has 0 radical (unpaired) electrons. The van der Waals surface area contributed by atoms with Gasteiger partial charge in [-0.25, -0.2) is 0 Å². The third kappa shape index (κ3) is 3.17. The molecule has 3 aromatic rings. The second-order valence-corrected chi connectivity index (χ2v) is 5.04. The first kappa shape index (κ1) is 13.5.